The summed E-state index contributed by atoms with van der Waals surface area (Å²) in [5, 5.41) is 11.5. The van der Waals surface area contributed by atoms with E-state index in [9.17, 15) is 4.79 Å². The number of carbonyl (C=O) groups excluding carboxylic acids is 1. The Labute approximate surface area is 185 Å². The highest BCUT2D eigenvalue weighted by molar-refractivity contribution is 6.08. The highest BCUT2D eigenvalue weighted by Crippen LogP contribution is 2.41. The molecule has 32 heavy (non-hydrogen) atoms. The number of amides is 1. The molecule has 3 aromatic heterocycles. The van der Waals surface area contributed by atoms with Gasteiger partial charge in [-0.1, -0.05) is 0 Å². The number of nitrogens with zero attached hydrogens (tertiary/aromatic N) is 5. The Kier molecular flexibility index (Phi) is 4.80. The summed E-state index contributed by atoms with van der Waals surface area (Å²) >= 11 is 0. The van der Waals surface area contributed by atoms with Crippen molar-refractivity contribution in [3.05, 3.63) is 65.9 Å². The van der Waals surface area contributed by atoms with E-state index in [0.29, 0.717) is 29.3 Å². The molecule has 9 nitrogen and oxygen atoms in total. The molecule has 0 radical (unpaired) electrons. The summed E-state index contributed by atoms with van der Waals surface area (Å²) in [7, 11) is 0. The summed E-state index contributed by atoms with van der Waals surface area (Å²) in [5.41, 5.74) is 3.11. The summed E-state index contributed by atoms with van der Waals surface area (Å²) < 4.78 is 15.6. The number of benzene rings is 1. The Bertz CT molecular complexity index is 1310. The Hall–Kier alpha value is -3.88. The Morgan fingerprint density at radius 1 is 1.28 bits per heavy atom. The SMILES string of the molecule is CCn1cc(COc2cc3c(cc2NC(=O)c2cnn4cccnc24)CC(C)(C)O3)cn1. The molecular weight excluding hydrogens is 408 g/mol. The van der Waals surface area contributed by atoms with Gasteiger partial charge in [-0.25, -0.2) is 9.50 Å². The number of rotatable bonds is 6. The van der Waals surface area contributed by atoms with E-state index in [1.165, 1.54) is 6.20 Å². The van der Waals surface area contributed by atoms with Gasteiger partial charge in [-0.05, 0) is 32.9 Å². The molecule has 0 saturated heterocycles. The van der Waals surface area contributed by atoms with Crippen LogP contribution in [0.25, 0.3) is 5.65 Å². The number of aromatic nitrogens is 5. The fourth-order valence-electron chi connectivity index (χ4n) is 3.84. The number of nitrogens with one attached hydrogen (secondary N) is 1. The topological polar surface area (TPSA) is 95.6 Å². The number of hydrogen-bond acceptors (Lipinski definition) is 6. The molecule has 1 aliphatic heterocycles. The van der Waals surface area contributed by atoms with Crippen molar-refractivity contribution in [1.82, 2.24) is 24.4 Å². The predicted octanol–water partition coefficient (Wildman–Crippen LogP) is 3.49. The highest BCUT2D eigenvalue weighted by atomic mass is 16.5. The van der Waals surface area contributed by atoms with E-state index in [-0.39, 0.29) is 11.5 Å². The number of ether oxygens (including phenoxy) is 2. The lowest BCUT2D eigenvalue weighted by Crippen LogP contribution is -2.24. The molecule has 0 unspecified atom stereocenters. The first-order valence-electron chi connectivity index (χ1n) is 10.5. The second-order valence-electron chi connectivity index (χ2n) is 8.39. The molecular formula is C23H24N6O3. The van der Waals surface area contributed by atoms with Gasteiger partial charge in [-0.3, -0.25) is 9.48 Å². The van der Waals surface area contributed by atoms with Crippen LogP contribution < -0.4 is 14.8 Å². The summed E-state index contributed by atoms with van der Waals surface area (Å²) in [5.74, 6) is 0.994. The monoisotopic (exact) mass is 432 g/mol. The van der Waals surface area contributed by atoms with Crippen molar-refractivity contribution >= 4 is 17.2 Å². The van der Waals surface area contributed by atoms with Crippen molar-refractivity contribution in [2.24, 2.45) is 0 Å². The maximum absolute atomic E-state index is 13.1. The van der Waals surface area contributed by atoms with Gasteiger partial charge in [0.25, 0.3) is 5.91 Å². The zero-order chi connectivity index (χ0) is 22.3. The van der Waals surface area contributed by atoms with E-state index in [0.717, 1.165) is 29.8 Å². The molecule has 9 heteroatoms. The van der Waals surface area contributed by atoms with Crippen molar-refractivity contribution < 1.29 is 14.3 Å². The molecule has 0 fully saturated rings. The molecule has 1 aromatic carbocycles. The molecule has 5 rings (SSSR count). The summed E-state index contributed by atoms with van der Waals surface area (Å²) in [6, 6.07) is 5.53. The average molecular weight is 432 g/mol. The van der Waals surface area contributed by atoms with Crippen LogP contribution in [0.2, 0.25) is 0 Å². The number of aryl methyl sites for hydroxylation is 1. The van der Waals surface area contributed by atoms with Crippen LogP contribution in [0.3, 0.4) is 0 Å². The Morgan fingerprint density at radius 2 is 2.16 bits per heavy atom. The van der Waals surface area contributed by atoms with E-state index < -0.39 is 0 Å². The average Bonchev–Trinajstić information content (AvgIpc) is 3.47. The maximum atomic E-state index is 13.1. The van der Waals surface area contributed by atoms with Gasteiger partial charge < -0.3 is 14.8 Å². The first kappa shape index (κ1) is 20.0. The highest BCUT2D eigenvalue weighted by Gasteiger charge is 2.31. The second-order valence-corrected chi connectivity index (χ2v) is 8.39. The zero-order valence-corrected chi connectivity index (χ0v) is 18.2. The third-order valence-corrected chi connectivity index (χ3v) is 5.34. The normalized spacial score (nSPS) is 14.2. The van der Waals surface area contributed by atoms with Crippen molar-refractivity contribution in [1.29, 1.82) is 0 Å². The fraction of sp³-hybridized carbons (Fsp3) is 0.304. The van der Waals surface area contributed by atoms with Crippen molar-refractivity contribution in [3.8, 4) is 11.5 Å². The maximum Gasteiger partial charge on any atom is 0.261 e. The zero-order valence-electron chi connectivity index (χ0n) is 18.2. The lowest BCUT2D eigenvalue weighted by Gasteiger charge is -2.17. The molecule has 0 bridgehead atoms. The van der Waals surface area contributed by atoms with Gasteiger partial charge in [0.15, 0.2) is 5.65 Å². The first-order chi connectivity index (χ1) is 15.4. The van der Waals surface area contributed by atoms with Gasteiger partial charge >= 0.3 is 0 Å². The molecule has 0 aliphatic carbocycles. The smallest absolute Gasteiger partial charge is 0.261 e. The largest absolute Gasteiger partial charge is 0.487 e. The van der Waals surface area contributed by atoms with E-state index >= 15 is 0 Å². The Morgan fingerprint density at radius 3 is 2.97 bits per heavy atom. The third kappa shape index (κ3) is 3.77. The minimum absolute atomic E-state index is 0.305. The van der Waals surface area contributed by atoms with E-state index in [4.69, 9.17) is 9.47 Å². The predicted molar refractivity (Wildman–Crippen MR) is 118 cm³/mol. The van der Waals surface area contributed by atoms with Crippen molar-refractivity contribution in [2.75, 3.05) is 5.32 Å². The number of hydrogen-bond donors (Lipinski definition) is 1. The van der Waals surface area contributed by atoms with Crippen LogP contribution in [-0.2, 0) is 19.6 Å². The van der Waals surface area contributed by atoms with Gasteiger partial charge in [-0.2, -0.15) is 10.2 Å². The van der Waals surface area contributed by atoms with Crippen LogP contribution in [0.1, 0.15) is 42.3 Å². The Balaban J connectivity index is 1.45. The van der Waals surface area contributed by atoms with Crippen molar-refractivity contribution in [3.63, 3.8) is 0 Å². The molecule has 164 valence electrons. The lowest BCUT2D eigenvalue weighted by molar-refractivity contribution is 0.102. The van der Waals surface area contributed by atoms with Crippen LogP contribution in [-0.4, -0.2) is 35.9 Å². The molecule has 4 aromatic rings. The second kappa shape index (κ2) is 7.67. The quantitative estimate of drug-likeness (QED) is 0.501. The van der Waals surface area contributed by atoms with Crippen LogP contribution in [0, 0.1) is 0 Å². The van der Waals surface area contributed by atoms with Gasteiger partial charge in [-0.15, -0.1) is 0 Å². The van der Waals surface area contributed by atoms with Crippen LogP contribution in [0.5, 0.6) is 11.5 Å². The molecule has 1 amide bonds. The molecule has 0 saturated carbocycles. The number of fused-ring (bicyclic) bond motifs is 2. The third-order valence-electron chi connectivity index (χ3n) is 5.34. The van der Waals surface area contributed by atoms with Gasteiger partial charge in [0.2, 0.25) is 0 Å². The van der Waals surface area contributed by atoms with Crippen LogP contribution in [0.15, 0.2) is 49.2 Å². The molecule has 4 heterocycles. The molecule has 0 spiro atoms. The summed E-state index contributed by atoms with van der Waals surface area (Å²) in [6.07, 6.45) is 9.35. The minimum Gasteiger partial charge on any atom is -0.487 e. The van der Waals surface area contributed by atoms with Gasteiger partial charge in [0, 0.05) is 48.7 Å². The van der Waals surface area contributed by atoms with E-state index in [1.807, 2.05) is 43.8 Å². The summed E-state index contributed by atoms with van der Waals surface area (Å²) in [4.78, 5) is 17.3. The van der Waals surface area contributed by atoms with E-state index in [2.05, 4.69) is 20.5 Å². The molecule has 1 N–H and O–H groups in total. The number of anilines is 1. The lowest BCUT2D eigenvalue weighted by atomic mass is 10.0. The summed E-state index contributed by atoms with van der Waals surface area (Å²) in [6.45, 7) is 7.21. The van der Waals surface area contributed by atoms with Crippen LogP contribution in [0.4, 0.5) is 5.69 Å². The fourth-order valence-corrected chi connectivity index (χ4v) is 3.84. The van der Waals surface area contributed by atoms with Gasteiger partial charge in [0.05, 0.1) is 18.1 Å². The van der Waals surface area contributed by atoms with Gasteiger partial charge in [0.1, 0.15) is 29.3 Å². The minimum atomic E-state index is -0.309. The number of carbonyl (C=O) groups is 1. The van der Waals surface area contributed by atoms with Crippen LogP contribution >= 0.6 is 0 Å². The molecule has 0 atom stereocenters. The van der Waals surface area contributed by atoms with Crippen molar-refractivity contribution in [2.45, 2.75) is 45.9 Å². The molecule has 1 aliphatic rings. The first-order valence-corrected chi connectivity index (χ1v) is 10.5. The van der Waals surface area contributed by atoms with E-state index in [1.54, 1.807) is 29.2 Å². The standard InChI is InChI=1S/C23H24N6O3/c1-4-28-13-15(11-25-28)14-31-20-9-19-16(10-23(2,3)32-19)8-18(20)27-22(30)17-12-26-29-7-5-6-24-21(17)29/h5-9,11-13H,4,10,14H2,1-3H3,(H,27,30).